The molecule has 0 atom stereocenters. The molecular weight excluding hydrogens is 298 g/mol. The second kappa shape index (κ2) is 7.19. The normalized spacial score (nSPS) is 17.0. The molecule has 22 heavy (non-hydrogen) atoms. The van der Waals surface area contributed by atoms with E-state index < -0.39 is 5.60 Å². The van der Waals surface area contributed by atoms with Crippen LogP contribution in [0.1, 0.15) is 39.2 Å². The molecule has 1 aliphatic rings. The van der Waals surface area contributed by atoms with Gasteiger partial charge in [-0.05, 0) is 51.2 Å². The number of likely N-dealkylation sites (tertiary alicyclic amines) is 1. The van der Waals surface area contributed by atoms with Crippen LogP contribution >= 0.6 is 11.6 Å². The van der Waals surface area contributed by atoms with E-state index in [-0.39, 0.29) is 6.09 Å². The summed E-state index contributed by atoms with van der Waals surface area (Å²) in [5.41, 5.74) is 0.608. The third kappa shape index (κ3) is 5.06. The van der Waals surface area contributed by atoms with Gasteiger partial charge in [0.15, 0.2) is 0 Å². The molecule has 1 fully saturated rings. The first-order valence-corrected chi connectivity index (χ1v) is 8.13. The molecule has 0 aliphatic carbocycles. The van der Waals surface area contributed by atoms with E-state index in [9.17, 15) is 4.79 Å². The van der Waals surface area contributed by atoms with Gasteiger partial charge in [0.05, 0.1) is 0 Å². The van der Waals surface area contributed by atoms with Crippen molar-refractivity contribution in [3.05, 3.63) is 40.9 Å². The molecule has 0 saturated carbocycles. The third-order valence-corrected chi connectivity index (χ3v) is 3.99. The first-order valence-electron chi connectivity index (χ1n) is 7.76. The topological polar surface area (TPSA) is 29.5 Å². The molecule has 120 valence electrons. The number of hydrogen-bond donors (Lipinski definition) is 0. The average molecular weight is 322 g/mol. The van der Waals surface area contributed by atoms with E-state index in [4.69, 9.17) is 16.3 Å². The maximum Gasteiger partial charge on any atom is 0.410 e. The van der Waals surface area contributed by atoms with E-state index in [1.54, 1.807) is 4.90 Å². The highest BCUT2D eigenvalue weighted by Crippen LogP contribution is 2.23. The number of ether oxygens (including phenoxy) is 1. The highest BCUT2D eigenvalue weighted by Gasteiger charge is 2.25. The number of piperidine rings is 1. The summed E-state index contributed by atoms with van der Waals surface area (Å²) in [7, 11) is 0. The molecule has 0 N–H and O–H groups in total. The Bertz CT molecular complexity index is 540. The Morgan fingerprint density at radius 2 is 1.91 bits per heavy atom. The number of rotatable bonds is 2. The van der Waals surface area contributed by atoms with Crippen LogP contribution in [0.3, 0.4) is 0 Å². The largest absolute Gasteiger partial charge is 0.444 e. The van der Waals surface area contributed by atoms with Crippen LogP contribution in [0.25, 0.3) is 6.08 Å². The van der Waals surface area contributed by atoms with E-state index in [0.29, 0.717) is 5.92 Å². The van der Waals surface area contributed by atoms with E-state index in [2.05, 4.69) is 12.2 Å². The van der Waals surface area contributed by atoms with E-state index in [1.807, 2.05) is 45.0 Å². The van der Waals surface area contributed by atoms with Gasteiger partial charge in [-0.2, -0.15) is 0 Å². The number of carbonyl (C=O) groups is 1. The monoisotopic (exact) mass is 321 g/mol. The molecule has 1 amide bonds. The molecule has 0 aromatic heterocycles. The Labute approximate surface area is 137 Å². The Kier molecular flexibility index (Phi) is 5.52. The SMILES string of the molecule is CC(C)(C)OC(=O)N1CCC(C=Cc2ccccc2Cl)CC1. The summed E-state index contributed by atoms with van der Waals surface area (Å²) >= 11 is 6.15. The Morgan fingerprint density at radius 3 is 2.50 bits per heavy atom. The van der Waals surface area contributed by atoms with Crippen molar-refractivity contribution in [1.29, 1.82) is 0 Å². The van der Waals surface area contributed by atoms with Gasteiger partial charge >= 0.3 is 6.09 Å². The zero-order valence-electron chi connectivity index (χ0n) is 13.5. The van der Waals surface area contributed by atoms with Crippen LogP contribution in [0.15, 0.2) is 30.3 Å². The standard InChI is InChI=1S/C18H24ClNO2/c1-18(2,3)22-17(21)20-12-10-14(11-13-20)8-9-15-6-4-5-7-16(15)19/h4-9,14H,10-13H2,1-3H3. The molecule has 0 spiro atoms. The zero-order valence-corrected chi connectivity index (χ0v) is 14.3. The molecular formula is C18H24ClNO2. The molecule has 2 rings (SSSR count). The molecule has 1 saturated heterocycles. The van der Waals surface area contributed by atoms with Gasteiger partial charge in [0.2, 0.25) is 0 Å². The van der Waals surface area contributed by atoms with Gasteiger partial charge in [-0.3, -0.25) is 0 Å². The fourth-order valence-corrected chi connectivity index (χ4v) is 2.65. The second-order valence-corrected chi connectivity index (χ2v) is 7.09. The quantitative estimate of drug-likeness (QED) is 0.767. The number of nitrogens with zero attached hydrogens (tertiary/aromatic N) is 1. The molecule has 1 aromatic rings. The lowest BCUT2D eigenvalue weighted by molar-refractivity contribution is 0.0197. The fraction of sp³-hybridized carbons (Fsp3) is 0.500. The van der Waals surface area contributed by atoms with E-state index in [0.717, 1.165) is 36.5 Å². The third-order valence-electron chi connectivity index (χ3n) is 3.64. The van der Waals surface area contributed by atoms with Crippen LogP contribution in [0.4, 0.5) is 4.79 Å². The molecule has 1 aromatic carbocycles. The van der Waals surface area contributed by atoms with Crippen LogP contribution in [0, 0.1) is 5.92 Å². The minimum absolute atomic E-state index is 0.207. The number of amides is 1. The smallest absolute Gasteiger partial charge is 0.410 e. The lowest BCUT2D eigenvalue weighted by Crippen LogP contribution is -2.41. The lowest BCUT2D eigenvalue weighted by Gasteiger charge is -2.32. The Balaban J connectivity index is 1.85. The van der Waals surface area contributed by atoms with Gasteiger partial charge in [0.1, 0.15) is 5.60 Å². The van der Waals surface area contributed by atoms with Crippen LogP contribution in [0.2, 0.25) is 5.02 Å². The van der Waals surface area contributed by atoms with Gasteiger partial charge in [-0.15, -0.1) is 0 Å². The maximum atomic E-state index is 12.0. The van der Waals surface area contributed by atoms with Crippen molar-refractivity contribution in [2.24, 2.45) is 5.92 Å². The molecule has 0 unspecified atom stereocenters. The Morgan fingerprint density at radius 1 is 1.27 bits per heavy atom. The number of allylic oxidation sites excluding steroid dienone is 1. The van der Waals surface area contributed by atoms with Gasteiger partial charge in [-0.1, -0.05) is 42.0 Å². The summed E-state index contributed by atoms with van der Waals surface area (Å²) in [6, 6.07) is 7.82. The van der Waals surface area contributed by atoms with Gasteiger partial charge in [0, 0.05) is 18.1 Å². The molecule has 3 nitrogen and oxygen atoms in total. The highest BCUT2D eigenvalue weighted by atomic mass is 35.5. The minimum Gasteiger partial charge on any atom is -0.444 e. The summed E-state index contributed by atoms with van der Waals surface area (Å²) < 4.78 is 5.41. The fourth-order valence-electron chi connectivity index (χ4n) is 2.45. The molecule has 0 radical (unpaired) electrons. The number of hydrogen-bond acceptors (Lipinski definition) is 2. The van der Waals surface area contributed by atoms with Gasteiger partial charge in [-0.25, -0.2) is 4.79 Å². The lowest BCUT2D eigenvalue weighted by atomic mass is 9.96. The van der Waals surface area contributed by atoms with Gasteiger partial charge < -0.3 is 9.64 Å². The zero-order chi connectivity index (χ0) is 16.2. The summed E-state index contributed by atoms with van der Waals surface area (Å²) in [4.78, 5) is 13.8. The van der Waals surface area contributed by atoms with Crippen molar-refractivity contribution in [3.8, 4) is 0 Å². The number of halogens is 1. The predicted molar refractivity (Wildman–Crippen MR) is 91.0 cm³/mol. The molecule has 0 bridgehead atoms. The summed E-state index contributed by atoms with van der Waals surface area (Å²) in [5, 5.41) is 0.768. The first-order chi connectivity index (χ1) is 10.3. The Hall–Kier alpha value is -1.48. The first kappa shape index (κ1) is 16.9. The van der Waals surface area contributed by atoms with Crippen LogP contribution < -0.4 is 0 Å². The summed E-state index contributed by atoms with van der Waals surface area (Å²) in [5.74, 6) is 0.481. The molecule has 1 heterocycles. The van der Waals surface area contributed by atoms with E-state index in [1.165, 1.54) is 0 Å². The van der Waals surface area contributed by atoms with E-state index >= 15 is 0 Å². The number of carbonyl (C=O) groups excluding carboxylic acids is 1. The highest BCUT2D eigenvalue weighted by molar-refractivity contribution is 6.32. The van der Waals surface area contributed by atoms with Crippen LogP contribution in [-0.4, -0.2) is 29.7 Å². The van der Waals surface area contributed by atoms with Crippen molar-refractivity contribution in [3.63, 3.8) is 0 Å². The molecule has 1 aliphatic heterocycles. The van der Waals surface area contributed by atoms with Crippen molar-refractivity contribution in [2.45, 2.75) is 39.2 Å². The molecule has 4 heteroatoms. The maximum absolute atomic E-state index is 12.0. The predicted octanol–water partition coefficient (Wildman–Crippen LogP) is 5.00. The minimum atomic E-state index is -0.433. The van der Waals surface area contributed by atoms with Crippen molar-refractivity contribution >= 4 is 23.8 Å². The van der Waals surface area contributed by atoms with Crippen LogP contribution in [-0.2, 0) is 4.74 Å². The summed E-state index contributed by atoms with van der Waals surface area (Å²) in [6.45, 7) is 7.16. The van der Waals surface area contributed by atoms with Crippen molar-refractivity contribution in [1.82, 2.24) is 4.90 Å². The average Bonchev–Trinajstić information content (AvgIpc) is 2.45. The van der Waals surface area contributed by atoms with Crippen molar-refractivity contribution in [2.75, 3.05) is 13.1 Å². The number of benzene rings is 1. The summed E-state index contributed by atoms with van der Waals surface area (Å²) in [6.07, 6.45) is 5.99. The van der Waals surface area contributed by atoms with Crippen LogP contribution in [0.5, 0.6) is 0 Å². The van der Waals surface area contributed by atoms with Crippen molar-refractivity contribution < 1.29 is 9.53 Å². The second-order valence-electron chi connectivity index (χ2n) is 6.69. The van der Waals surface area contributed by atoms with Gasteiger partial charge in [0.25, 0.3) is 0 Å².